The molecule has 2 fully saturated rings. The number of ether oxygens (including phenoxy) is 2. The zero-order chi connectivity index (χ0) is 38.8. The number of unbranched alkanes of at least 4 members (excludes halogenated alkanes) is 8. The van der Waals surface area contributed by atoms with Crippen molar-refractivity contribution in [1.82, 2.24) is 0 Å². The van der Waals surface area contributed by atoms with E-state index in [2.05, 4.69) is 58.9 Å². The van der Waals surface area contributed by atoms with Gasteiger partial charge in [0.05, 0.1) is 0 Å². The molecule has 0 saturated heterocycles. The van der Waals surface area contributed by atoms with Crippen molar-refractivity contribution >= 4 is 11.4 Å². The lowest BCUT2D eigenvalue weighted by atomic mass is 9.59. The van der Waals surface area contributed by atoms with E-state index >= 15 is 0 Å². The summed E-state index contributed by atoms with van der Waals surface area (Å²) in [6, 6.07) is 25.1. The highest BCUT2D eigenvalue weighted by Crippen LogP contribution is 2.52. The van der Waals surface area contributed by atoms with E-state index in [1.807, 2.05) is 48.5 Å². The van der Waals surface area contributed by atoms with Crippen molar-refractivity contribution in [3.63, 3.8) is 0 Å². The molecule has 0 aliphatic heterocycles. The summed E-state index contributed by atoms with van der Waals surface area (Å²) < 4.78 is 13.0. The fourth-order valence-electron chi connectivity index (χ4n) is 10.1. The third-order valence-electron chi connectivity index (χ3n) is 13.4. The fraction of sp³-hybridized carbons (Fsp3) is 0.529. The molecule has 4 heteroatoms. The van der Waals surface area contributed by atoms with Crippen LogP contribution in [0.2, 0.25) is 0 Å². The van der Waals surface area contributed by atoms with Gasteiger partial charge in [-0.05, 0) is 166 Å². The maximum atomic E-state index is 6.48. The van der Waals surface area contributed by atoms with Crippen LogP contribution < -0.4 is 20.9 Å². The van der Waals surface area contributed by atoms with Crippen molar-refractivity contribution in [2.24, 2.45) is 17.8 Å². The van der Waals surface area contributed by atoms with Crippen molar-refractivity contribution in [2.45, 2.75) is 156 Å². The van der Waals surface area contributed by atoms with Crippen molar-refractivity contribution < 1.29 is 9.47 Å². The maximum absolute atomic E-state index is 6.48. The van der Waals surface area contributed by atoms with E-state index in [1.54, 1.807) is 0 Å². The Balaban J connectivity index is 1.15. The lowest BCUT2D eigenvalue weighted by Gasteiger charge is -2.45. The van der Waals surface area contributed by atoms with Crippen LogP contribution in [0.5, 0.6) is 23.0 Å². The van der Waals surface area contributed by atoms with Crippen LogP contribution >= 0.6 is 0 Å². The third-order valence-corrected chi connectivity index (χ3v) is 13.4. The lowest BCUT2D eigenvalue weighted by Crippen LogP contribution is -2.36. The number of hydrogen-bond acceptors (Lipinski definition) is 4. The lowest BCUT2D eigenvalue weighted by molar-refractivity contribution is 0.140. The molecule has 2 aliphatic rings. The molecule has 0 unspecified atom stereocenters. The zero-order valence-electron chi connectivity index (χ0n) is 34.9. The van der Waals surface area contributed by atoms with Gasteiger partial charge in [0.25, 0.3) is 0 Å². The Morgan fingerprint density at radius 2 is 0.891 bits per heavy atom. The van der Waals surface area contributed by atoms with Crippen LogP contribution in [0.3, 0.4) is 0 Å². The normalized spacial score (nSPS) is 18.6. The fourth-order valence-corrected chi connectivity index (χ4v) is 10.1. The van der Waals surface area contributed by atoms with Gasteiger partial charge in [0.15, 0.2) is 0 Å². The molecule has 4 aromatic carbocycles. The minimum Gasteiger partial charge on any atom is -0.457 e. The first-order valence-corrected chi connectivity index (χ1v) is 22.0. The van der Waals surface area contributed by atoms with Gasteiger partial charge in [0.1, 0.15) is 23.0 Å². The van der Waals surface area contributed by atoms with Gasteiger partial charge < -0.3 is 20.9 Å². The number of benzene rings is 4. The first kappa shape index (κ1) is 40.7. The minimum absolute atomic E-state index is 0.0613. The van der Waals surface area contributed by atoms with Gasteiger partial charge in [-0.3, -0.25) is 0 Å². The minimum atomic E-state index is -0.0613. The monoisotopic (exact) mass is 743 g/mol. The summed E-state index contributed by atoms with van der Waals surface area (Å²) in [4.78, 5) is 0. The third kappa shape index (κ3) is 10.5. The molecular weight excluding hydrogens is 673 g/mol. The first-order chi connectivity index (χ1) is 26.6. The summed E-state index contributed by atoms with van der Waals surface area (Å²) >= 11 is 0. The summed E-state index contributed by atoms with van der Waals surface area (Å²) in [5, 5.41) is 0. The summed E-state index contributed by atoms with van der Waals surface area (Å²) in [6.45, 7) is 11.1. The molecule has 2 aliphatic carbocycles. The molecule has 0 heterocycles. The highest BCUT2D eigenvalue weighted by Gasteiger charge is 2.42. The molecule has 55 heavy (non-hydrogen) atoms. The van der Waals surface area contributed by atoms with Gasteiger partial charge in [0, 0.05) is 16.8 Å². The standard InChI is InChI=1S/C51H70N2O2/c1-6-7-8-9-10-11-12-13-14-15-40-16-18-41(19-17-40)42-28-30-51(31-29-42,43-32-36(2)49(37(3)33-43)54-47-24-20-45(52)21-25-47)44-34-38(4)50(39(5)35-44)55-48-26-22-46(53)23-27-48/h20-27,32-35,40-42H,6-19,28-31,52-53H2,1-5H3/t40-,41+. The van der Waals surface area contributed by atoms with Crippen LogP contribution in [-0.2, 0) is 5.41 Å². The van der Waals surface area contributed by atoms with Gasteiger partial charge in [-0.25, -0.2) is 0 Å². The Labute approximate surface area is 333 Å². The molecule has 0 bridgehead atoms. The second-order valence-corrected chi connectivity index (χ2v) is 17.5. The maximum Gasteiger partial charge on any atom is 0.133 e. The molecule has 0 radical (unpaired) electrons. The Morgan fingerprint density at radius 1 is 0.509 bits per heavy atom. The number of rotatable bonds is 17. The smallest absolute Gasteiger partial charge is 0.133 e. The molecule has 4 nitrogen and oxygen atoms in total. The van der Waals surface area contributed by atoms with E-state index in [0.29, 0.717) is 0 Å². The number of nitrogen functional groups attached to an aromatic ring is 2. The predicted octanol–water partition coefficient (Wildman–Crippen LogP) is 14.9. The molecule has 4 aromatic rings. The molecule has 2 saturated carbocycles. The van der Waals surface area contributed by atoms with Gasteiger partial charge >= 0.3 is 0 Å². The Kier molecular flexibility index (Phi) is 14.3. The molecular formula is C51H70N2O2. The summed E-state index contributed by atoms with van der Waals surface area (Å²) in [6.07, 6.45) is 25.0. The Hall–Kier alpha value is -3.92. The highest BCUT2D eigenvalue weighted by atomic mass is 16.5. The summed E-state index contributed by atoms with van der Waals surface area (Å²) in [7, 11) is 0. The average Bonchev–Trinajstić information content (AvgIpc) is 3.18. The van der Waals surface area contributed by atoms with E-state index in [1.165, 1.54) is 149 Å². The average molecular weight is 743 g/mol. The Morgan fingerprint density at radius 3 is 1.31 bits per heavy atom. The van der Waals surface area contributed by atoms with Gasteiger partial charge in [0.2, 0.25) is 0 Å². The van der Waals surface area contributed by atoms with Gasteiger partial charge in [-0.15, -0.1) is 0 Å². The van der Waals surface area contributed by atoms with Crippen LogP contribution in [0.1, 0.15) is 156 Å². The molecule has 4 N–H and O–H groups in total. The topological polar surface area (TPSA) is 70.5 Å². The largest absolute Gasteiger partial charge is 0.457 e. The van der Waals surface area contributed by atoms with E-state index in [9.17, 15) is 0 Å². The van der Waals surface area contributed by atoms with Crippen molar-refractivity contribution in [3.8, 4) is 23.0 Å². The van der Waals surface area contributed by atoms with E-state index in [-0.39, 0.29) is 5.41 Å². The molecule has 0 amide bonds. The van der Waals surface area contributed by atoms with Gasteiger partial charge in [-0.1, -0.05) is 108 Å². The molecule has 6 rings (SSSR count). The van der Waals surface area contributed by atoms with Crippen molar-refractivity contribution in [3.05, 3.63) is 106 Å². The van der Waals surface area contributed by atoms with Crippen LogP contribution in [0.25, 0.3) is 0 Å². The van der Waals surface area contributed by atoms with Crippen LogP contribution in [0.4, 0.5) is 11.4 Å². The quantitative estimate of drug-likeness (QED) is 0.0835. The van der Waals surface area contributed by atoms with Crippen molar-refractivity contribution in [2.75, 3.05) is 11.5 Å². The van der Waals surface area contributed by atoms with E-state index in [0.717, 1.165) is 52.1 Å². The summed E-state index contributed by atoms with van der Waals surface area (Å²) in [5.74, 6) is 6.18. The number of hydrogen-bond donors (Lipinski definition) is 2. The Bertz CT molecular complexity index is 1640. The molecule has 0 spiro atoms. The van der Waals surface area contributed by atoms with E-state index in [4.69, 9.17) is 20.9 Å². The second kappa shape index (κ2) is 19.3. The van der Waals surface area contributed by atoms with E-state index < -0.39 is 0 Å². The van der Waals surface area contributed by atoms with Crippen LogP contribution in [0, 0.1) is 45.4 Å². The second-order valence-electron chi connectivity index (χ2n) is 17.5. The van der Waals surface area contributed by atoms with Crippen molar-refractivity contribution in [1.29, 1.82) is 0 Å². The number of nitrogens with two attached hydrogens (primary N) is 2. The first-order valence-electron chi connectivity index (χ1n) is 22.0. The molecule has 0 atom stereocenters. The predicted molar refractivity (Wildman–Crippen MR) is 234 cm³/mol. The molecule has 0 aromatic heterocycles. The highest BCUT2D eigenvalue weighted by molar-refractivity contribution is 5.55. The number of anilines is 2. The summed E-state index contributed by atoms with van der Waals surface area (Å²) in [5.41, 5.74) is 20.9. The van der Waals surface area contributed by atoms with Crippen LogP contribution in [0.15, 0.2) is 72.8 Å². The zero-order valence-corrected chi connectivity index (χ0v) is 34.9. The van der Waals surface area contributed by atoms with Gasteiger partial charge in [-0.2, -0.15) is 0 Å². The number of aryl methyl sites for hydroxylation is 4. The molecule has 296 valence electrons. The van der Waals surface area contributed by atoms with Crippen LogP contribution in [-0.4, -0.2) is 0 Å². The SMILES string of the molecule is CCCCCCCCCCC[C@H]1CC[C@@H](C2CCC(c3cc(C)c(Oc4ccc(N)cc4)c(C)c3)(c3cc(C)c(Oc4ccc(N)cc4)c(C)c3)CC2)CC1.